The van der Waals surface area contributed by atoms with Crippen molar-refractivity contribution in [2.24, 2.45) is 5.10 Å². The smallest absolute Gasteiger partial charge is 0.271 e. The first kappa shape index (κ1) is 22.6. The fourth-order valence-corrected chi connectivity index (χ4v) is 3.56. The van der Waals surface area contributed by atoms with Crippen LogP contribution < -0.4 is 19.6 Å². The lowest BCUT2D eigenvalue weighted by molar-refractivity contribution is 0.0955. The van der Waals surface area contributed by atoms with Gasteiger partial charge in [0.2, 0.25) is 0 Å². The molecule has 0 aliphatic heterocycles. The molecule has 0 heterocycles. The van der Waals surface area contributed by atoms with E-state index in [0.717, 1.165) is 20.4 Å². The van der Waals surface area contributed by atoms with Crippen LogP contribution in [0.25, 0.3) is 0 Å². The molecule has 0 atom stereocenters. The summed E-state index contributed by atoms with van der Waals surface area (Å²) < 4.78 is 17.7. The van der Waals surface area contributed by atoms with Gasteiger partial charge in [0.1, 0.15) is 12.4 Å². The van der Waals surface area contributed by atoms with Gasteiger partial charge in [-0.2, -0.15) is 5.10 Å². The molecule has 0 radical (unpaired) electrons. The van der Waals surface area contributed by atoms with Crippen LogP contribution in [0, 0.1) is 3.57 Å². The molecule has 0 aliphatic carbocycles. The van der Waals surface area contributed by atoms with Crippen molar-refractivity contribution in [3.63, 3.8) is 0 Å². The summed E-state index contributed by atoms with van der Waals surface area (Å²) in [4.78, 5) is 12.3. The Kier molecular flexibility index (Phi) is 8.28. The average molecular weight is 530 g/mol. The molecular weight excluding hydrogens is 507 g/mol. The molecule has 6 nitrogen and oxygen atoms in total. The molecular formula is C24H23IN2O4. The number of amides is 1. The number of methoxy groups -OCH3 is 1. The van der Waals surface area contributed by atoms with Gasteiger partial charge < -0.3 is 14.2 Å². The lowest BCUT2D eigenvalue weighted by Crippen LogP contribution is -2.17. The van der Waals surface area contributed by atoms with Crippen LogP contribution in [0.4, 0.5) is 0 Å². The van der Waals surface area contributed by atoms with E-state index in [1.54, 1.807) is 37.6 Å². The summed E-state index contributed by atoms with van der Waals surface area (Å²) in [6, 6.07) is 20.6. The predicted molar refractivity (Wildman–Crippen MR) is 129 cm³/mol. The van der Waals surface area contributed by atoms with E-state index >= 15 is 0 Å². The van der Waals surface area contributed by atoms with E-state index in [-0.39, 0.29) is 5.91 Å². The molecule has 1 amide bonds. The van der Waals surface area contributed by atoms with Gasteiger partial charge in [0, 0.05) is 5.56 Å². The van der Waals surface area contributed by atoms with E-state index < -0.39 is 0 Å². The van der Waals surface area contributed by atoms with Gasteiger partial charge in [-0.1, -0.05) is 30.3 Å². The molecule has 31 heavy (non-hydrogen) atoms. The van der Waals surface area contributed by atoms with Crippen molar-refractivity contribution in [3.8, 4) is 17.2 Å². The van der Waals surface area contributed by atoms with Gasteiger partial charge in [0.15, 0.2) is 11.5 Å². The zero-order chi connectivity index (χ0) is 22.1. The highest BCUT2D eigenvalue weighted by molar-refractivity contribution is 14.1. The molecule has 3 rings (SSSR count). The standard InChI is InChI=1S/C24H23IN2O4/c1-3-30-20-11-9-19(10-12-20)24(28)27-26-15-18-13-21(25)23(22(14-18)29-2)31-16-17-7-5-4-6-8-17/h4-15H,3,16H2,1-2H3,(H,27,28)/b26-15-. The Morgan fingerprint density at radius 3 is 2.48 bits per heavy atom. The molecule has 0 fully saturated rings. The number of carbonyl (C=O) groups is 1. The Balaban J connectivity index is 1.65. The average Bonchev–Trinajstić information content (AvgIpc) is 2.79. The van der Waals surface area contributed by atoms with Gasteiger partial charge in [-0.05, 0) is 77.0 Å². The highest BCUT2D eigenvalue weighted by Crippen LogP contribution is 2.34. The van der Waals surface area contributed by atoms with E-state index in [0.29, 0.717) is 30.3 Å². The van der Waals surface area contributed by atoms with Crippen LogP contribution in [0.15, 0.2) is 71.8 Å². The third-order valence-electron chi connectivity index (χ3n) is 4.28. The summed E-state index contributed by atoms with van der Waals surface area (Å²) in [7, 11) is 1.59. The van der Waals surface area contributed by atoms with Crippen LogP contribution in [-0.2, 0) is 6.61 Å². The van der Waals surface area contributed by atoms with E-state index in [9.17, 15) is 4.79 Å². The molecule has 3 aromatic carbocycles. The normalized spacial score (nSPS) is 10.7. The van der Waals surface area contributed by atoms with Crippen molar-refractivity contribution < 1.29 is 19.0 Å². The molecule has 0 saturated heterocycles. The largest absolute Gasteiger partial charge is 0.494 e. The number of hydrogen-bond donors (Lipinski definition) is 1. The Morgan fingerprint density at radius 1 is 1.06 bits per heavy atom. The lowest BCUT2D eigenvalue weighted by atomic mass is 10.2. The number of rotatable bonds is 9. The number of hydrazone groups is 1. The molecule has 3 aromatic rings. The first-order chi connectivity index (χ1) is 15.1. The Morgan fingerprint density at radius 2 is 1.81 bits per heavy atom. The van der Waals surface area contributed by atoms with Crippen molar-refractivity contribution in [3.05, 3.63) is 87.0 Å². The van der Waals surface area contributed by atoms with Gasteiger partial charge in [-0.25, -0.2) is 5.43 Å². The summed E-state index contributed by atoms with van der Waals surface area (Å²) in [6.45, 7) is 2.93. The SMILES string of the molecule is CCOc1ccc(C(=O)N/N=C\c2cc(I)c(OCc3ccccc3)c(OC)c2)cc1. The molecule has 0 spiro atoms. The maximum absolute atomic E-state index is 12.3. The number of carbonyl (C=O) groups excluding carboxylic acids is 1. The van der Waals surface area contributed by atoms with Crippen molar-refractivity contribution in [1.82, 2.24) is 5.43 Å². The second kappa shape index (κ2) is 11.4. The number of ether oxygens (including phenoxy) is 3. The molecule has 1 N–H and O–H groups in total. The first-order valence-corrected chi connectivity index (χ1v) is 10.8. The maximum atomic E-state index is 12.3. The van der Waals surface area contributed by atoms with Crippen LogP contribution in [0.2, 0.25) is 0 Å². The summed E-state index contributed by atoms with van der Waals surface area (Å²) in [5.74, 6) is 1.69. The predicted octanol–water partition coefficient (Wildman–Crippen LogP) is 5.04. The van der Waals surface area contributed by atoms with E-state index in [4.69, 9.17) is 14.2 Å². The van der Waals surface area contributed by atoms with Crippen LogP contribution in [0.1, 0.15) is 28.4 Å². The van der Waals surface area contributed by atoms with Crippen molar-refractivity contribution in [2.45, 2.75) is 13.5 Å². The lowest BCUT2D eigenvalue weighted by Gasteiger charge is -2.13. The highest BCUT2D eigenvalue weighted by Gasteiger charge is 2.12. The van der Waals surface area contributed by atoms with Crippen LogP contribution >= 0.6 is 22.6 Å². The molecule has 0 unspecified atom stereocenters. The van der Waals surface area contributed by atoms with Crippen molar-refractivity contribution >= 4 is 34.7 Å². The quantitative estimate of drug-likeness (QED) is 0.239. The van der Waals surface area contributed by atoms with Gasteiger partial charge in [-0.3, -0.25) is 4.79 Å². The maximum Gasteiger partial charge on any atom is 0.271 e. The molecule has 0 saturated carbocycles. The fraction of sp³-hybridized carbons (Fsp3) is 0.167. The molecule has 0 bridgehead atoms. The number of nitrogens with zero attached hydrogens (tertiary/aromatic N) is 1. The summed E-state index contributed by atoms with van der Waals surface area (Å²) in [5, 5.41) is 4.06. The highest BCUT2D eigenvalue weighted by atomic mass is 127. The minimum Gasteiger partial charge on any atom is -0.494 e. The van der Waals surface area contributed by atoms with E-state index in [1.165, 1.54) is 0 Å². The third-order valence-corrected chi connectivity index (χ3v) is 5.09. The third kappa shape index (κ3) is 6.45. The van der Waals surface area contributed by atoms with Crippen LogP contribution in [0.3, 0.4) is 0 Å². The summed E-state index contributed by atoms with van der Waals surface area (Å²) in [5.41, 5.74) is 4.88. The van der Waals surface area contributed by atoms with Crippen LogP contribution in [0.5, 0.6) is 17.2 Å². The second-order valence-corrected chi connectivity index (χ2v) is 7.63. The van der Waals surface area contributed by atoms with Crippen LogP contribution in [-0.4, -0.2) is 25.8 Å². The number of hydrogen-bond acceptors (Lipinski definition) is 5. The Bertz CT molecular complexity index is 1040. The Labute approximate surface area is 195 Å². The van der Waals surface area contributed by atoms with E-state index in [1.807, 2.05) is 49.4 Å². The number of halogens is 1. The topological polar surface area (TPSA) is 69.2 Å². The Hall–Kier alpha value is -3.07. The minimum absolute atomic E-state index is 0.302. The zero-order valence-corrected chi connectivity index (χ0v) is 19.5. The fourth-order valence-electron chi connectivity index (χ4n) is 2.78. The zero-order valence-electron chi connectivity index (χ0n) is 17.3. The summed E-state index contributed by atoms with van der Waals surface area (Å²) >= 11 is 2.20. The number of benzene rings is 3. The van der Waals surface area contributed by atoms with Crippen molar-refractivity contribution in [2.75, 3.05) is 13.7 Å². The monoisotopic (exact) mass is 530 g/mol. The molecule has 0 aliphatic rings. The van der Waals surface area contributed by atoms with Crippen molar-refractivity contribution in [1.29, 1.82) is 0 Å². The molecule has 0 aromatic heterocycles. The molecule has 160 valence electrons. The second-order valence-electron chi connectivity index (χ2n) is 6.46. The first-order valence-electron chi connectivity index (χ1n) is 9.71. The minimum atomic E-state index is -0.302. The van der Waals surface area contributed by atoms with E-state index in [2.05, 4.69) is 33.1 Å². The van der Waals surface area contributed by atoms with Gasteiger partial charge >= 0.3 is 0 Å². The van der Waals surface area contributed by atoms with Gasteiger partial charge in [0.05, 0.1) is 23.5 Å². The van der Waals surface area contributed by atoms with Gasteiger partial charge in [-0.15, -0.1) is 0 Å². The number of nitrogens with one attached hydrogen (secondary N) is 1. The molecule has 7 heteroatoms. The van der Waals surface area contributed by atoms with Gasteiger partial charge in [0.25, 0.3) is 5.91 Å². The summed E-state index contributed by atoms with van der Waals surface area (Å²) in [6.07, 6.45) is 1.57.